The molecule has 3 nitrogen and oxygen atoms in total. The maximum absolute atomic E-state index is 12.8. The Morgan fingerprint density at radius 1 is 1.17 bits per heavy atom. The van der Waals surface area contributed by atoms with E-state index in [1.54, 1.807) is 6.07 Å². The monoisotopic (exact) mass is 266 g/mol. The van der Waals surface area contributed by atoms with Gasteiger partial charge in [-0.3, -0.25) is 4.79 Å². The zero-order valence-corrected chi connectivity index (χ0v) is 8.99. The normalized spacial score (nSPS) is 12.8. The number of ketones is 1. The van der Waals surface area contributed by atoms with Crippen molar-refractivity contribution >= 4 is 5.78 Å². The van der Waals surface area contributed by atoms with Crippen LogP contribution in [0.2, 0.25) is 0 Å². The molecular weight excluding hydrogens is 256 g/mol. The highest BCUT2D eigenvalue weighted by molar-refractivity contribution is 5.96. The number of halogens is 4. The molecule has 0 atom stereocenters. The maximum atomic E-state index is 12.8. The number of hydrogen-bond acceptors (Lipinski definition) is 3. The lowest BCUT2D eigenvalue weighted by Crippen LogP contribution is -2.53. The molecule has 0 spiro atoms. The summed E-state index contributed by atoms with van der Waals surface area (Å²) >= 11 is 0. The Balaban J connectivity index is 2.87. The smallest absolute Gasteiger partial charge is 0.359 e. The lowest BCUT2D eigenvalue weighted by Gasteiger charge is -2.29. The Labute approximate surface area is 99.7 Å². The first-order valence-corrected chi connectivity index (χ1v) is 4.87. The Kier molecular flexibility index (Phi) is 4.08. The number of aliphatic hydroxyl groups is 2. The van der Waals surface area contributed by atoms with Crippen molar-refractivity contribution in [3.05, 3.63) is 35.9 Å². The molecule has 0 fully saturated rings. The zero-order chi connectivity index (χ0) is 14.0. The molecule has 7 heteroatoms. The fourth-order valence-corrected chi connectivity index (χ4v) is 1.24. The molecule has 1 aromatic carbocycles. The van der Waals surface area contributed by atoms with Gasteiger partial charge in [0, 0.05) is 5.56 Å². The first-order chi connectivity index (χ1) is 8.18. The molecule has 1 rings (SSSR count). The van der Waals surface area contributed by atoms with E-state index in [-0.39, 0.29) is 5.56 Å². The lowest BCUT2D eigenvalue weighted by molar-refractivity contribution is -0.327. The molecule has 0 amide bonds. The molecule has 0 bridgehead atoms. The molecule has 2 N–H and O–H groups in total. The quantitative estimate of drug-likeness (QED) is 0.485. The molecule has 0 aliphatic rings. The van der Waals surface area contributed by atoms with Crippen molar-refractivity contribution < 1.29 is 32.6 Å². The van der Waals surface area contributed by atoms with Crippen LogP contribution in [0.1, 0.15) is 16.8 Å². The number of benzene rings is 1. The van der Waals surface area contributed by atoms with E-state index in [9.17, 15) is 22.4 Å². The van der Waals surface area contributed by atoms with Crippen LogP contribution >= 0.6 is 0 Å². The lowest BCUT2D eigenvalue weighted by atomic mass is 9.98. The molecule has 1 aromatic rings. The predicted molar refractivity (Wildman–Crippen MR) is 53.5 cm³/mol. The minimum atomic E-state index is -5.09. The predicted octanol–water partition coefficient (Wildman–Crippen LogP) is 1.84. The fourth-order valence-electron chi connectivity index (χ4n) is 1.24. The molecule has 0 unspecified atom stereocenters. The van der Waals surface area contributed by atoms with Crippen LogP contribution < -0.4 is 0 Å². The van der Waals surface area contributed by atoms with Crippen LogP contribution in [0.5, 0.6) is 0 Å². The first-order valence-electron chi connectivity index (χ1n) is 4.87. The van der Waals surface area contributed by atoms with Crippen molar-refractivity contribution in [2.45, 2.75) is 24.6 Å². The molecule has 0 radical (unpaired) electrons. The number of carbonyl (C=O) groups is 1. The van der Waals surface area contributed by atoms with Crippen molar-refractivity contribution in [3.8, 4) is 0 Å². The molecule has 0 aliphatic carbocycles. The molecule has 0 aromatic heterocycles. The van der Waals surface area contributed by atoms with Gasteiger partial charge in [0.05, 0.1) is 6.42 Å². The number of rotatable bonds is 5. The highest BCUT2D eigenvalue weighted by Gasteiger charge is 2.59. The largest absolute Gasteiger partial charge is 0.360 e. The van der Waals surface area contributed by atoms with Crippen molar-refractivity contribution in [2.75, 3.05) is 0 Å². The number of hydrogen-bond donors (Lipinski definition) is 2. The summed E-state index contributed by atoms with van der Waals surface area (Å²) in [5.41, 5.74) is -0.0740. The summed E-state index contributed by atoms with van der Waals surface area (Å²) < 4.78 is 49.6. The summed E-state index contributed by atoms with van der Waals surface area (Å²) in [5, 5.41) is 17.9. The topological polar surface area (TPSA) is 57.5 Å². The SMILES string of the molecule is O=C(CC(O)(O)C(F)(F)C(F)F)c1ccccc1. The molecule has 0 heterocycles. The van der Waals surface area contributed by atoms with Gasteiger partial charge in [0.1, 0.15) is 0 Å². The summed E-state index contributed by atoms with van der Waals surface area (Å²) in [4.78, 5) is 11.4. The van der Waals surface area contributed by atoms with Gasteiger partial charge < -0.3 is 10.2 Å². The first kappa shape index (κ1) is 14.6. The van der Waals surface area contributed by atoms with Crippen LogP contribution in [0.4, 0.5) is 17.6 Å². The van der Waals surface area contributed by atoms with Crippen LogP contribution in [0.25, 0.3) is 0 Å². The third-order valence-corrected chi connectivity index (χ3v) is 2.31. The molecule has 100 valence electrons. The average molecular weight is 266 g/mol. The van der Waals surface area contributed by atoms with E-state index in [2.05, 4.69) is 0 Å². The fraction of sp³-hybridized carbons (Fsp3) is 0.364. The number of Topliss-reactive ketones (excluding diaryl/α,β-unsaturated/α-hetero) is 1. The van der Waals surface area contributed by atoms with E-state index < -0.39 is 30.3 Å². The van der Waals surface area contributed by atoms with Gasteiger partial charge >= 0.3 is 12.3 Å². The van der Waals surface area contributed by atoms with E-state index >= 15 is 0 Å². The van der Waals surface area contributed by atoms with Gasteiger partial charge in [-0.15, -0.1) is 0 Å². The van der Waals surface area contributed by atoms with Gasteiger partial charge in [0.2, 0.25) is 5.79 Å². The van der Waals surface area contributed by atoms with Crippen LogP contribution in [-0.4, -0.2) is 34.1 Å². The van der Waals surface area contributed by atoms with Gasteiger partial charge in [-0.1, -0.05) is 30.3 Å². The average Bonchev–Trinajstić information content (AvgIpc) is 2.29. The zero-order valence-electron chi connectivity index (χ0n) is 8.99. The third kappa shape index (κ3) is 2.85. The highest BCUT2D eigenvalue weighted by Crippen LogP contribution is 2.35. The van der Waals surface area contributed by atoms with Crippen molar-refractivity contribution in [3.63, 3.8) is 0 Å². The Morgan fingerprint density at radius 3 is 2.11 bits per heavy atom. The molecule has 0 saturated carbocycles. The minimum absolute atomic E-state index is 0.0740. The Morgan fingerprint density at radius 2 is 1.67 bits per heavy atom. The second kappa shape index (κ2) is 5.03. The second-order valence-electron chi connectivity index (χ2n) is 3.71. The van der Waals surface area contributed by atoms with E-state index in [1.165, 1.54) is 24.3 Å². The van der Waals surface area contributed by atoms with Gasteiger partial charge in [-0.2, -0.15) is 8.78 Å². The molecule has 18 heavy (non-hydrogen) atoms. The van der Waals surface area contributed by atoms with Crippen LogP contribution in [0.15, 0.2) is 30.3 Å². The van der Waals surface area contributed by atoms with Gasteiger partial charge in [0.25, 0.3) is 0 Å². The van der Waals surface area contributed by atoms with Crippen LogP contribution in [0, 0.1) is 0 Å². The van der Waals surface area contributed by atoms with Gasteiger partial charge in [-0.25, -0.2) is 8.78 Å². The maximum Gasteiger partial charge on any atom is 0.359 e. The van der Waals surface area contributed by atoms with Gasteiger partial charge in [0.15, 0.2) is 5.78 Å². The molecule has 0 aliphatic heterocycles. The molecule has 0 saturated heterocycles. The van der Waals surface area contributed by atoms with E-state index in [0.717, 1.165) is 0 Å². The van der Waals surface area contributed by atoms with E-state index in [1.807, 2.05) is 0 Å². The second-order valence-corrected chi connectivity index (χ2v) is 3.71. The summed E-state index contributed by atoms with van der Waals surface area (Å²) in [6.45, 7) is 0. The van der Waals surface area contributed by atoms with E-state index in [4.69, 9.17) is 10.2 Å². The molecular formula is C11H10F4O3. The van der Waals surface area contributed by atoms with Gasteiger partial charge in [-0.05, 0) is 0 Å². The highest BCUT2D eigenvalue weighted by atomic mass is 19.3. The summed E-state index contributed by atoms with van der Waals surface area (Å²) in [7, 11) is 0. The van der Waals surface area contributed by atoms with Crippen molar-refractivity contribution in [1.82, 2.24) is 0 Å². The Bertz CT molecular complexity index is 418. The van der Waals surface area contributed by atoms with E-state index in [0.29, 0.717) is 0 Å². The minimum Gasteiger partial charge on any atom is -0.360 e. The third-order valence-electron chi connectivity index (χ3n) is 2.31. The summed E-state index contributed by atoms with van der Waals surface area (Å²) in [6.07, 6.45) is -5.80. The van der Waals surface area contributed by atoms with Crippen LogP contribution in [0.3, 0.4) is 0 Å². The Hall–Kier alpha value is -1.47. The summed E-state index contributed by atoms with van der Waals surface area (Å²) in [5.74, 6) is -10.2. The van der Waals surface area contributed by atoms with Crippen molar-refractivity contribution in [2.24, 2.45) is 0 Å². The van der Waals surface area contributed by atoms with Crippen LogP contribution in [-0.2, 0) is 0 Å². The number of alkyl halides is 4. The standard InChI is InChI=1S/C11H10F4O3/c12-9(13)11(14,15)10(17,18)6-8(16)7-4-2-1-3-5-7/h1-5,9,17-18H,6H2. The number of carbonyl (C=O) groups excluding carboxylic acids is 1. The van der Waals surface area contributed by atoms with Crippen molar-refractivity contribution in [1.29, 1.82) is 0 Å². The summed E-state index contributed by atoms with van der Waals surface area (Å²) in [6, 6.07) is 6.90.